The van der Waals surface area contributed by atoms with Gasteiger partial charge in [-0.05, 0) is 48.4 Å². The number of hydrogen-bond donors (Lipinski definition) is 0. The molecule has 3 rings (SSSR count). The van der Waals surface area contributed by atoms with Crippen molar-refractivity contribution in [1.82, 2.24) is 4.90 Å². The maximum absolute atomic E-state index is 12.8. The molecule has 164 valence electrons. The molecule has 0 amide bonds. The van der Waals surface area contributed by atoms with Crippen LogP contribution in [0.1, 0.15) is 36.5 Å². The highest BCUT2D eigenvalue weighted by molar-refractivity contribution is 7.99. The van der Waals surface area contributed by atoms with Gasteiger partial charge in [0.2, 0.25) is 0 Å². The van der Waals surface area contributed by atoms with Gasteiger partial charge in [0.05, 0.1) is 11.5 Å². The number of carbonyl (C=O) groups is 1. The Morgan fingerprint density at radius 1 is 1.29 bits per heavy atom. The number of allylic oxidation sites excluding steroid dienone is 4. The molecular formula is C27H33NO2S. The van der Waals surface area contributed by atoms with Crippen LogP contribution in [0.2, 0.25) is 0 Å². The number of benzene rings is 2. The number of fused-ring (bicyclic) bond motifs is 2. The first-order valence-electron chi connectivity index (χ1n) is 11.0. The molecule has 0 aliphatic carbocycles. The largest absolute Gasteiger partial charge is 0.492 e. The lowest BCUT2D eigenvalue weighted by molar-refractivity contribution is 0.0966. The molecular weight excluding hydrogens is 402 g/mol. The molecule has 0 saturated heterocycles. The Morgan fingerprint density at radius 2 is 2.13 bits per heavy atom. The molecule has 1 aliphatic rings. The predicted octanol–water partition coefficient (Wildman–Crippen LogP) is 6.54. The Balaban J connectivity index is 1.56. The first-order chi connectivity index (χ1) is 15.0. The van der Waals surface area contributed by atoms with Gasteiger partial charge in [-0.1, -0.05) is 62.4 Å². The Bertz CT molecular complexity index is 979. The van der Waals surface area contributed by atoms with E-state index < -0.39 is 0 Å². The van der Waals surface area contributed by atoms with E-state index in [2.05, 4.69) is 44.2 Å². The number of ether oxygens (including phenoxy) is 1. The van der Waals surface area contributed by atoms with Crippen LogP contribution in [0.5, 0.6) is 5.75 Å². The minimum Gasteiger partial charge on any atom is -0.492 e. The second-order valence-electron chi connectivity index (χ2n) is 8.22. The zero-order valence-electron chi connectivity index (χ0n) is 18.7. The average Bonchev–Trinajstić information content (AvgIpc) is 2.78. The summed E-state index contributed by atoms with van der Waals surface area (Å²) in [6, 6.07) is 10.2. The van der Waals surface area contributed by atoms with E-state index in [0.717, 1.165) is 65.9 Å². The lowest BCUT2D eigenvalue weighted by Crippen LogP contribution is -2.28. The summed E-state index contributed by atoms with van der Waals surface area (Å²) in [6.45, 7) is 12.5. The van der Waals surface area contributed by atoms with Gasteiger partial charge in [0.25, 0.3) is 0 Å². The van der Waals surface area contributed by atoms with Gasteiger partial charge in [0.15, 0.2) is 5.78 Å². The average molecular weight is 436 g/mol. The van der Waals surface area contributed by atoms with Crippen molar-refractivity contribution in [2.75, 3.05) is 32.5 Å². The van der Waals surface area contributed by atoms with Crippen LogP contribution >= 0.6 is 11.8 Å². The molecule has 3 nitrogen and oxygen atoms in total. The maximum Gasteiger partial charge on any atom is 0.164 e. The van der Waals surface area contributed by atoms with E-state index in [9.17, 15) is 4.79 Å². The second kappa shape index (κ2) is 11.4. The molecule has 1 atom stereocenters. The molecule has 4 heteroatoms. The van der Waals surface area contributed by atoms with Crippen LogP contribution in [0.15, 0.2) is 72.2 Å². The number of Topliss-reactive ketones (excluding diaryl/α,β-unsaturated/α-hetero) is 1. The van der Waals surface area contributed by atoms with E-state index in [0.29, 0.717) is 12.3 Å². The Hall–Kier alpha value is -2.30. The molecule has 2 aromatic carbocycles. The summed E-state index contributed by atoms with van der Waals surface area (Å²) in [4.78, 5) is 16.3. The fraction of sp³-hybridized carbons (Fsp3) is 0.370. The molecule has 2 aromatic rings. The van der Waals surface area contributed by atoms with Crippen LogP contribution in [0.3, 0.4) is 0 Å². The monoisotopic (exact) mass is 435 g/mol. The lowest BCUT2D eigenvalue weighted by atomic mass is 9.96. The third-order valence-electron chi connectivity index (χ3n) is 5.71. The highest BCUT2D eigenvalue weighted by atomic mass is 32.2. The Morgan fingerprint density at radius 3 is 2.90 bits per heavy atom. The highest BCUT2D eigenvalue weighted by Crippen LogP contribution is 2.36. The molecule has 31 heavy (non-hydrogen) atoms. The standard InChI is InChI=1S/C27H33NO2S/c1-5-7-8-20(3)15-21(6-2)19-28(4)12-11-25(29)23-10-9-22-17-26-27(18-24(22)16-23)31-14-13-30-26/h5,7-10,16-18,21H,1,3,6,11-15,19H2,2,4H3/b8-7-. The van der Waals surface area contributed by atoms with Gasteiger partial charge in [-0.25, -0.2) is 0 Å². The first-order valence-corrected chi connectivity index (χ1v) is 12.0. The van der Waals surface area contributed by atoms with Gasteiger partial charge in [0.1, 0.15) is 5.75 Å². The Labute approximate surface area is 190 Å². The first kappa shape index (κ1) is 23.4. The van der Waals surface area contributed by atoms with Crippen molar-refractivity contribution in [3.05, 3.63) is 72.9 Å². The molecule has 0 saturated carbocycles. The molecule has 1 aliphatic heterocycles. The number of hydrogen-bond acceptors (Lipinski definition) is 4. The molecule has 1 unspecified atom stereocenters. The summed E-state index contributed by atoms with van der Waals surface area (Å²) < 4.78 is 5.75. The van der Waals surface area contributed by atoms with Gasteiger partial charge < -0.3 is 9.64 Å². The quantitative estimate of drug-likeness (QED) is 0.296. The van der Waals surface area contributed by atoms with Gasteiger partial charge >= 0.3 is 0 Å². The number of thioether (sulfide) groups is 1. The van der Waals surface area contributed by atoms with E-state index in [4.69, 9.17) is 4.74 Å². The van der Waals surface area contributed by atoms with E-state index in [1.807, 2.05) is 42.1 Å². The third-order valence-corrected chi connectivity index (χ3v) is 6.71. The van der Waals surface area contributed by atoms with Crippen LogP contribution in [0.25, 0.3) is 10.8 Å². The summed E-state index contributed by atoms with van der Waals surface area (Å²) >= 11 is 1.82. The summed E-state index contributed by atoms with van der Waals surface area (Å²) in [5.74, 6) is 2.66. The van der Waals surface area contributed by atoms with Crippen LogP contribution in [0.4, 0.5) is 0 Å². The SMILES string of the molecule is C=C/C=C\C(=C)CC(CC)CN(C)CCC(=O)c1ccc2cc3c(cc2c1)SCCO3. The Kier molecular flexibility index (Phi) is 8.56. The number of carbonyl (C=O) groups excluding carboxylic acids is 1. The molecule has 0 aromatic heterocycles. The molecule has 0 N–H and O–H groups in total. The minimum absolute atomic E-state index is 0.196. The van der Waals surface area contributed by atoms with Crippen LogP contribution in [0, 0.1) is 5.92 Å². The molecule has 0 fully saturated rings. The minimum atomic E-state index is 0.196. The topological polar surface area (TPSA) is 29.5 Å². The number of nitrogens with zero attached hydrogens (tertiary/aromatic N) is 1. The lowest BCUT2D eigenvalue weighted by Gasteiger charge is -2.23. The van der Waals surface area contributed by atoms with Crippen molar-refractivity contribution in [1.29, 1.82) is 0 Å². The van der Waals surface area contributed by atoms with E-state index in [1.165, 1.54) is 4.90 Å². The van der Waals surface area contributed by atoms with Crippen LogP contribution < -0.4 is 4.74 Å². The number of rotatable bonds is 11. The van der Waals surface area contributed by atoms with Gasteiger partial charge in [-0.3, -0.25) is 4.79 Å². The summed E-state index contributed by atoms with van der Waals surface area (Å²) in [5, 5.41) is 2.22. The summed E-state index contributed by atoms with van der Waals surface area (Å²) in [7, 11) is 2.10. The van der Waals surface area contributed by atoms with Crippen molar-refractivity contribution in [2.24, 2.45) is 5.92 Å². The zero-order chi connectivity index (χ0) is 22.2. The van der Waals surface area contributed by atoms with Gasteiger partial charge in [-0.15, -0.1) is 11.8 Å². The maximum atomic E-state index is 12.8. The van der Waals surface area contributed by atoms with Crippen molar-refractivity contribution < 1.29 is 9.53 Å². The van der Waals surface area contributed by atoms with E-state index in [1.54, 1.807) is 6.08 Å². The van der Waals surface area contributed by atoms with Gasteiger partial charge in [0, 0.05) is 30.8 Å². The third kappa shape index (κ3) is 6.59. The van der Waals surface area contributed by atoms with Crippen LogP contribution in [-0.4, -0.2) is 43.2 Å². The smallest absolute Gasteiger partial charge is 0.164 e. The fourth-order valence-corrected chi connectivity index (χ4v) is 4.76. The van der Waals surface area contributed by atoms with E-state index in [-0.39, 0.29) is 5.78 Å². The van der Waals surface area contributed by atoms with Crippen LogP contribution in [-0.2, 0) is 0 Å². The normalized spacial score (nSPS) is 14.4. The zero-order valence-corrected chi connectivity index (χ0v) is 19.5. The van der Waals surface area contributed by atoms with Gasteiger partial charge in [-0.2, -0.15) is 0 Å². The fourth-order valence-electron chi connectivity index (χ4n) is 3.91. The second-order valence-corrected chi connectivity index (χ2v) is 9.36. The molecule has 0 radical (unpaired) electrons. The van der Waals surface area contributed by atoms with Crippen molar-refractivity contribution in [2.45, 2.75) is 31.1 Å². The highest BCUT2D eigenvalue weighted by Gasteiger charge is 2.15. The number of ketones is 1. The summed E-state index contributed by atoms with van der Waals surface area (Å²) in [5.41, 5.74) is 1.91. The summed E-state index contributed by atoms with van der Waals surface area (Å²) in [6.07, 6.45) is 8.32. The van der Waals surface area contributed by atoms with Crippen molar-refractivity contribution in [3.63, 3.8) is 0 Å². The molecule has 0 spiro atoms. The molecule has 0 bridgehead atoms. The predicted molar refractivity (Wildman–Crippen MR) is 133 cm³/mol. The van der Waals surface area contributed by atoms with Crippen molar-refractivity contribution in [3.8, 4) is 5.75 Å². The van der Waals surface area contributed by atoms with E-state index >= 15 is 0 Å². The molecule has 1 heterocycles. The van der Waals surface area contributed by atoms with Crippen molar-refractivity contribution >= 4 is 28.3 Å².